The monoisotopic (exact) mass is 389 g/mol. The second kappa shape index (κ2) is 8.85. The summed E-state index contributed by atoms with van der Waals surface area (Å²) >= 11 is 1.33. The average Bonchev–Trinajstić information content (AvgIpc) is 3.17. The van der Waals surface area contributed by atoms with Crippen LogP contribution in [0.25, 0.3) is 0 Å². The lowest BCUT2D eigenvalue weighted by molar-refractivity contribution is -0.122. The fourth-order valence-corrected chi connectivity index (χ4v) is 4.10. The Morgan fingerprint density at radius 2 is 2.00 bits per heavy atom. The number of rotatable bonds is 5. The Hall–Kier alpha value is -2.61. The minimum Gasteiger partial charge on any atom is -0.473 e. The van der Waals surface area contributed by atoms with Crippen LogP contribution in [-0.4, -0.2) is 37.2 Å². The third-order valence-electron chi connectivity index (χ3n) is 4.63. The van der Waals surface area contributed by atoms with Gasteiger partial charge in [-0.15, -0.1) is 0 Å². The molecule has 0 radical (unpaired) electrons. The quantitative estimate of drug-likeness (QED) is 0.843. The van der Waals surface area contributed by atoms with E-state index in [1.54, 1.807) is 18.2 Å². The van der Waals surface area contributed by atoms with E-state index in [0.29, 0.717) is 16.6 Å². The third kappa shape index (κ3) is 4.57. The Balaban J connectivity index is 1.83. The van der Waals surface area contributed by atoms with E-state index >= 15 is 0 Å². The van der Waals surface area contributed by atoms with E-state index in [2.05, 4.69) is 15.0 Å². The number of nitrogens with one attached hydrogen (secondary N) is 1. The maximum Gasteiger partial charge on any atom is 0.407 e. The van der Waals surface area contributed by atoms with Gasteiger partial charge in [-0.3, -0.25) is 9.69 Å². The minimum atomic E-state index is -0.458. The first-order valence-corrected chi connectivity index (χ1v) is 9.67. The first kappa shape index (κ1) is 19.2. The van der Waals surface area contributed by atoms with Gasteiger partial charge in [-0.25, -0.2) is 9.78 Å². The number of methoxy groups -OCH3 is 2. The molecule has 1 aliphatic carbocycles. The Bertz CT molecular complexity index is 780. The summed E-state index contributed by atoms with van der Waals surface area (Å²) in [5.74, 6) is -0.182. The maximum atomic E-state index is 13.4. The Morgan fingerprint density at radius 3 is 2.67 bits per heavy atom. The molecule has 0 bridgehead atoms. The molecular weight excluding hydrogens is 366 g/mol. The van der Waals surface area contributed by atoms with Crippen LogP contribution in [0.3, 0.4) is 0 Å². The summed E-state index contributed by atoms with van der Waals surface area (Å²) in [5.41, 5.74) is 0.789. The molecule has 27 heavy (non-hydrogen) atoms. The summed E-state index contributed by atoms with van der Waals surface area (Å²) in [5, 5.41) is 4.04. The van der Waals surface area contributed by atoms with E-state index in [1.165, 1.54) is 18.4 Å². The first-order chi connectivity index (χ1) is 13.1. The molecule has 2 atom stereocenters. The lowest BCUT2D eigenvalue weighted by atomic mass is 9.84. The summed E-state index contributed by atoms with van der Waals surface area (Å²) < 4.78 is 9.87. The smallest absolute Gasteiger partial charge is 0.407 e. The van der Waals surface area contributed by atoms with Gasteiger partial charge in [0.05, 0.1) is 20.4 Å². The molecule has 1 fully saturated rings. The fraction of sp³-hybridized carbons (Fsp3) is 0.421. The van der Waals surface area contributed by atoms with Crippen molar-refractivity contribution in [2.24, 2.45) is 5.92 Å². The molecule has 1 aliphatic rings. The molecule has 8 heteroatoms. The number of carbonyl (C=O) groups excluding carboxylic acids is 2. The van der Waals surface area contributed by atoms with Crippen LogP contribution in [0.15, 0.2) is 36.5 Å². The molecule has 2 unspecified atom stereocenters. The number of alkyl carbamates (subject to hydrolysis) is 1. The molecule has 1 saturated carbocycles. The van der Waals surface area contributed by atoms with E-state index in [9.17, 15) is 9.59 Å². The molecule has 0 spiro atoms. The van der Waals surface area contributed by atoms with Crippen LogP contribution in [0.4, 0.5) is 15.5 Å². The van der Waals surface area contributed by atoms with Crippen molar-refractivity contribution in [3.63, 3.8) is 0 Å². The van der Waals surface area contributed by atoms with Gasteiger partial charge in [-0.05, 0) is 31.4 Å². The van der Waals surface area contributed by atoms with Crippen molar-refractivity contribution in [2.75, 3.05) is 19.1 Å². The van der Waals surface area contributed by atoms with Crippen LogP contribution in [0.1, 0.15) is 25.7 Å². The number of para-hydroxylation sites is 1. The largest absolute Gasteiger partial charge is 0.473 e. The molecule has 2 aromatic rings. The number of hydrogen-bond donors (Lipinski definition) is 1. The lowest BCUT2D eigenvalue weighted by Gasteiger charge is -2.32. The number of thiazole rings is 1. The number of amides is 2. The van der Waals surface area contributed by atoms with Gasteiger partial charge in [0.25, 0.3) is 5.19 Å². The van der Waals surface area contributed by atoms with Crippen molar-refractivity contribution in [1.82, 2.24) is 10.3 Å². The Kier molecular flexibility index (Phi) is 6.28. The van der Waals surface area contributed by atoms with Crippen LogP contribution in [0, 0.1) is 5.92 Å². The number of carbonyl (C=O) groups is 2. The molecule has 1 aromatic heterocycles. The summed E-state index contributed by atoms with van der Waals surface area (Å²) in [6.45, 7) is 0. The van der Waals surface area contributed by atoms with Gasteiger partial charge in [0.1, 0.15) is 5.00 Å². The number of nitrogens with zero attached hydrogens (tertiary/aromatic N) is 2. The van der Waals surface area contributed by atoms with E-state index in [-0.39, 0.29) is 17.9 Å². The highest BCUT2D eigenvalue weighted by molar-refractivity contribution is 7.17. The van der Waals surface area contributed by atoms with Gasteiger partial charge in [0.2, 0.25) is 5.91 Å². The van der Waals surface area contributed by atoms with Crippen molar-refractivity contribution >= 4 is 34.0 Å². The van der Waals surface area contributed by atoms with Crippen molar-refractivity contribution in [3.05, 3.63) is 36.5 Å². The summed E-state index contributed by atoms with van der Waals surface area (Å²) in [6, 6.07) is 9.45. The van der Waals surface area contributed by atoms with Gasteiger partial charge in [0.15, 0.2) is 0 Å². The minimum absolute atomic E-state index is 0.00358. The second-order valence-corrected chi connectivity index (χ2v) is 7.35. The molecule has 0 aliphatic heterocycles. The van der Waals surface area contributed by atoms with E-state index in [4.69, 9.17) is 4.74 Å². The predicted molar refractivity (Wildman–Crippen MR) is 104 cm³/mol. The van der Waals surface area contributed by atoms with Gasteiger partial charge in [-0.2, -0.15) is 0 Å². The SMILES string of the molecule is COC(=O)NC1CCCC(C(=O)N(c2ccccc2)c2cnc(OC)s2)C1. The summed E-state index contributed by atoms with van der Waals surface area (Å²) in [7, 11) is 2.90. The number of benzene rings is 1. The molecule has 144 valence electrons. The Morgan fingerprint density at radius 1 is 1.22 bits per heavy atom. The van der Waals surface area contributed by atoms with Gasteiger partial charge >= 0.3 is 6.09 Å². The van der Waals surface area contributed by atoms with Crippen LogP contribution in [0.5, 0.6) is 5.19 Å². The summed E-state index contributed by atoms with van der Waals surface area (Å²) in [4.78, 5) is 30.8. The first-order valence-electron chi connectivity index (χ1n) is 8.85. The van der Waals surface area contributed by atoms with E-state index in [0.717, 1.165) is 24.9 Å². The van der Waals surface area contributed by atoms with E-state index in [1.807, 2.05) is 30.3 Å². The molecule has 3 rings (SSSR count). The lowest BCUT2D eigenvalue weighted by Crippen LogP contribution is -2.42. The second-order valence-electron chi connectivity index (χ2n) is 6.37. The Labute approximate surface area is 162 Å². The van der Waals surface area contributed by atoms with Gasteiger partial charge in [-0.1, -0.05) is 36.0 Å². The number of anilines is 2. The zero-order valence-electron chi connectivity index (χ0n) is 15.4. The van der Waals surface area contributed by atoms with Crippen LogP contribution in [0.2, 0.25) is 0 Å². The standard InChI is InChI=1S/C19H23N3O4S/c1-25-18(24)21-14-8-6-7-13(11-14)17(23)22(15-9-4-3-5-10-15)16-12-20-19(26-2)27-16/h3-5,9-10,12-14H,6-8,11H2,1-2H3,(H,21,24). The van der Waals surface area contributed by atoms with Crippen molar-refractivity contribution in [1.29, 1.82) is 0 Å². The molecule has 0 saturated heterocycles. The van der Waals surface area contributed by atoms with E-state index < -0.39 is 6.09 Å². The zero-order valence-corrected chi connectivity index (χ0v) is 16.2. The van der Waals surface area contributed by atoms with Gasteiger partial charge in [0, 0.05) is 17.6 Å². The average molecular weight is 389 g/mol. The van der Waals surface area contributed by atoms with Crippen molar-refractivity contribution in [3.8, 4) is 5.19 Å². The number of ether oxygens (including phenoxy) is 2. The zero-order chi connectivity index (χ0) is 19.2. The molecular formula is C19H23N3O4S. The highest BCUT2D eigenvalue weighted by Gasteiger charge is 2.33. The van der Waals surface area contributed by atoms with Crippen molar-refractivity contribution < 1.29 is 19.1 Å². The maximum absolute atomic E-state index is 13.4. The molecule has 1 heterocycles. The highest BCUT2D eigenvalue weighted by Crippen LogP contribution is 2.37. The third-order valence-corrected chi connectivity index (χ3v) is 5.58. The predicted octanol–water partition coefficient (Wildman–Crippen LogP) is 3.73. The summed E-state index contributed by atoms with van der Waals surface area (Å²) in [6.07, 6.45) is 4.30. The van der Waals surface area contributed by atoms with Crippen LogP contribution >= 0.6 is 11.3 Å². The topological polar surface area (TPSA) is 80.8 Å². The molecule has 1 aromatic carbocycles. The normalized spacial score (nSPS) is 19.2. The molecule has 7 nitrogen and oxygen atoms in total. The van der Waals surface area contributed by atoms with Gasteiger partial charge < -0.3 is 14.8 Å². The van der Waals surface area contributed by atoms with Crippen molar-refractivity contribution in [2.45, 2.75) is 31.7 Å². The van der Waals surface area contributed by atoms with Crippen LogP contribution in [-0.2, 0) is 9.53 Å². The number of hydrogen-bond acceptors (Lipinski definition) is 6. The molecule has 2 amide bonds. The fourth-order valence-electron chi connectivity index (χ4n) is 3.34. The van der Waals surface area contributed by atoms with Crippen LogP contribution < -0.4 is 15.0 Å². The number of aromatic nitrogens is 1. The highest BCUT2D eigenvalue weighted by atomic mass is 32.1. The molecule has 1 N–H and O–H groups in total.